The normalized spacial score (nSPS) is 12.5. The van der Waals surface area contributed by atoms with E-state index < -0.39 is 6.10 Å². The number of aryl methyl sites for hydroxylation is 1. The van der Waals surface area contributed by atoms with Crippen LogP contribution in [0.25, 0.3) is 0 Å². The van der Waals surface area contributed by atoms with E-state index >= 15 is 0 Å². The maximum absolute atomic E-state index is 9.57. The zero-order valence-electron chi connectivity index (χ0n) is 9.49. The number of aliphatic hydroxyl groups is 1. The Kier molecular flexibility index (Phi) is 4.59. The first-order valence-corrected chi connectivity index (χ1v) is 4.98. The van der Waals surface area contributed by atoms with Gasteiger partial charge in [0.25, 0.3) is 0 Å². The fourth-order valence-electron chi connectivity index (χ4n) is 1.51. The largest absolute Gasteiger partial charge is 0.496 e. The van der Waals surface area contributed by atoms with Crippen LogP contribution in [0.4, 0.5) is 0 Å². The molecule has 0 heterocycles. The SMILES string of the molecule is COCC(O)Cc1ccc(C)c(OC)c1. The molecule has 1 aromatic carbocycles. The molecule has 3 heteroatoms. The van der Waals surface area contributed by atoms with Crippen LogP contribution in [0, 0.1) is 6.92 Å². The summed E-state index contributed by atoms with van der Waals surface area (Å²) >= 11 is 0. The molecule has 84 valence electrons. The Bertz CT molecular complexity index is 310. The van der Waals surface area contributed by atoms with Crippen LogP contribution < -0.4 is 4.74 Å². The number of benzene rings is 1. The Labute approximate surface area is 90.6 Å². The van der Waals surface area contributed by atoms with Gasteiger partial charge in [-0.2, -0.15) is 0 Å². The van der Waals surface area contributed by atoms with Crippen LogP contribution >= 0.6 is 0 Å². The first-order chi connectivity index (χ1) is 7.17. The molecule has 0 amide bonds. The third-order valence-corrected chi connectivity index (χ3v) is 2.30. The maximum Gasteiger partial charge on any atom is 0.122 e. The summed E-state index contributed by atoms with van der Waals surface area (Å²) in [7, 11) is 3.23. The fourth-order valence-corrected chi connectivity index (χ4v) is 1.51. The highest BCUT2D eigenvalue weighted by molar-refractivity contribution is 5.36. The zero-order valence-corrected chi connectivity index (χ0v) is 9.49. The van der Waals surface area contributed by atoms with Gasteiger partial charge in [-0.1, -0.05) is 12.1 Å². The first kappa shape index (κ1) is 12.0. The lowest BCUT2D eigenvalue weighted by Crippen LogP contribution is -2.16. The molecule has 1 unspecified atom stereocenters. The van der Waals surface area contributed by atoms with Gasteiger partial charge >= 0.3 is 0 Å². The van der Waals surface area contributed by atoms with Crippen LogP contribution in [-0.4, -0.2) is 32.0 Å². The van der Waals surface area contributed by atoms with E-state index in [4.69, 9.17) is 9.47 Å². The molecular weight excluding hydrogens is 192 g/mol. The van der Waals surface area contributed by atoms with E-state index in [1.54, 1.807) is 14.2 Å². The van der Waals surface area contributed by atoms with Crippen molar-refractivity contribution in [1.82, 2.24) is 0 Å². The Morgan fingerprint density at radius 2 is 2.07 bits per heavy atom. The summed E-state index contributed by atoms with van der Waals surface area (Å²) < 4.78 is 10.1. The standard InChI is InChI=1S/C12H18O3/c1-9-4-5-10(7-12(9)15-3)6-11(13)8-14-2/h4-5,7,11,13H,6,8H2,1-3H3. The second-order valence-electron chi connectivity index (χ2n) is 3.62. The Morgan fingerprint density at radius 3 is 2.67 bits per heavy atom. The quantitative estimate of drug-likeness (QED) is 0.801. The minimum absolute atomic E-state index is 0.357. The summed E-state index contributed by atoms with van der Waals surface area (Å²) in [6.07, 6.45) is 0.132. The maximum atomic E-state index is 9.57. The van der Waals surface area contributed by atoms with Gasteiger partial charge in [0.2, 0.25) is 0 Å². The van der Waals surface area contributed by atoms with Gasteiger partial charge in [-0.25, -0.2) is 0 Å². The highest BCUT2D eigenvalue weighted by Gasteiger charge is 2.06. The number of rotatable bonds is 5. The molecule has 0 saturated heterocycles. The molecule has 0 aliphatic rings. The average molecular weight is 210 g/mol. The fraction of sp³-hybridized carbons (Fsp3) is 0.500. The van der Waals surface area contributed by atoms with Crippen molar-refractivity contribution in [1.29, 1.82) is 0 Å². The van der Waals surface area contributed by atoms with E-state index in [2.05, 4.69) is 0 Å². The van der Waals surface area contributed by atoms with Crippen molar-refractivity contribution < 1.29 is 14.6 Å². The van der Waals surface area contributed by atoms with E-state index in [1.165, 1.54) is 0 Å². The average Bonchev–Trinajstić information content (AvgIpc) is 2.21. The van der Waals surface area contributed by atoms with Gasteiger partial charge in [0.15, 0.2) is 0 Å². The third kappa shape index (κ3) is 3.53. The van der Waals surface area contributed by atoms with E-state index in [0.29, 0.717) is 13.0 Å². The van der Waals surface area contributed by atoms with Crippen molar-refractivity contribution >= 4 is 0 Å². The van der Waals surface area contributed by atoms with Gasteiger partial charge in [0.1, 0.15) is 5.75 Å². The highest BCUT2D eigenvalue weighted by atomic mass is 16.5. The van der Waals surface area contributed by atoms with Crippen molar-refractivity contribution in [2.75, 3.05) is 20.8 Å². The number of hydrogen-bond acceptors (Lipinski definition) is 3. The van der Waals surface area contributed by atoms with Gasteiger partial charge in [0.05, 0.1) is 19.8 Å². The molecule has 1 rings (SSSR count). The summed E-state index contributed by atoms with van der Waals surface area (Å²) in [4.78, 5) is 0. The molecule has 1 N–H and O–H groups in total. The van der Waals surface area contributed by atoms with Crippen LogP contribution in [-0.2, 0) is 11.2 Å². The van der Waals surface area contributed by atoms with E-state index in [9.17, 15) is 5.11 Å². The molecule has 0 fully saturated rings. The van der Waals surface area contributed by atoms with Crippen molar-refractivity contribution in [2.45, 2.75) is 19.4 Å². The number of hydrogen-bond donors (Lipinski definition) is 1. The second kappa shape index (κ2) is 5.73. The molecule has 1 atom stereocenters. The van der Waals surface area contributed by atoms with Crippen LogP contribution in [0.3, 0.4) is 0 Å². The van der Waals surface area contributed by atoms with Crippen LogP contribution in [0.5, 0.6) is 5.75 Å². The van der Waals surface area contributed by atoms with Gasteiger partial charge < -0.3 is 14.6 Å². The third-order valence-electron chi connectivity index (χ3n) is 2.30. The molecule has 15 heavy (non-hydrogen) atoms. The lowest BCUT2D eigenvalue weighted by molar-refractivity contribution is 0.0650. The van der Waals surface area contributed by atoms with Crippen molar-refractivity contribution in [3.8, 4) is 5.75 Å². The van der Waals surface area contributed by atoms with Crippen molar-refractivity contribution in [3.63, 3.8) is 0 Å². The Morgan fingerprint density at radius 1 is 1.33 bits per heavy atom. The smallest absolute Gasteiger partial charge is 0.122 e. The highest BCUT2D eigenvalue weighted by Crippen LogP contribution is 2.19. The Hall–Kier alpha value is -1.06. The summed E-state index contributed by atoms with van der Waals surface area (Å²) in [5.41, 5.74) is 2.16. The summed E-state index contributed by atoms with van der Waals surface area (Å²) in [6, 6.07) is 5.94. The molecule has 1 aromatic rings. The summed E-state index contributed by atoms with van der Waals surface area (Å²) in [6.45, 7) is 2.35. The van der Waals surface area contributed by atoms with Crippen LogP contribution in [0.15, 0.2) is 18.2 Å². The molecule has 0 spiro atoms. The van der Waals surface area contributed by atoms with Gasteiger partial charge in [-0.15, -0.1) is 0 Å². The minimum Gasteiger partial charge on any atom is -0.496 e. The van der Waals surface area contributed by atoms with Gasteiger partial charge in [0, 0.05) is 13.5 Å². The monoisotopic (exact) mass is 210 g/mol. The molecule has 0 radical (unpaired) electrons. The predicted molar refractivity (Wildman–Crippen MR) is 59.3 cm³/mol. The summed E-state index contributed by atoms with van der Waals surface area (Å²) in [5.74, 6) is 0.858. The lowest BCUT2D eigenvalue weighted by Gasteiger charge is -2.11. The van der Waals surface area contributed by atoms with E-state index in [0.717, 1.165) is 16.9 Å². The molecule has 3 nitrogen and oxygen atoms in total. The van der Waals surface area contributed by atoms with Crippen LogP contribution in [0.2, 0.25) is 0 Å². The molecule has 0 aliphatic heterocycles. The number of methoxy groups -OCH3 is 2. The first-order valence-electron chi connectivity index (χ1n) is 4.98. The zero-order chi connectivity index (χ0) is 11.3. The molecule has 0 aromatic heterocycles. The molecule has 0 saturated carbocycles. The van der Waals surface area contributed by atoms with Gasteiger partial charge in [-0.05, 0) is 24.1 Å². The number of ether oxygens (including phenoxy) is 2. The molecular formula is C12H18O3. The molecule has 0 aliphatic carbocycles. The second-order valence-corrected chi connectivity index (χ2v) is 3.62. The lowest BCUT2D eigenvalue weighted by atomic mass is 10.1. The Balaban J connectivity index is 2.69. The number of aliphatic hydroxyl groups excluding tert-OH is 1. The minimum atomic E-state index is -0.456. The van der Waals surface area contributed by atoms with E-state index in [1.807, 2.05) is 25.1 Å². The van der Waals surface area contributed by atoms with E-state index in [-0.39, 0.29) is 0 Å². The van der Waals surface area contributed by atoms with Crippen molar-refractivity contribution in [3.05, 3.63) is 29.3 Å². The topological polar surface area (TPSA) is 38.7 Å². The predicted octanol–water partition coefficient (Wildman–Crippen LogP) is 1.55. The van der Waals surface area contributed by atoms with Crippen molar-refractivity contribution in [2.24, 2.45) is 0 Å². The van der Waals surface area contributed by atoms with Gasteiger partial charge in [-0.3, -0.25) is 0 Å². The van der Waals surface area contributed by atoms with Crippen LogP contribution in [0.1, 0.15) is 11.1 Å². The summed E-state index contributed by atoms with van der Waals surface area (Å²) in [5, 5.41) is 9.57. The molecule has 0 bridgehead atoms.